The number of piperazine rings is 1. The van der Waals surface area contributed by atoms with Gasteiger partial charge in [0, 0.05) is 51.0 Å². The van der Waals surface area contributed by atoms with Gasteiger partial charge in [-0.05, 0) is 36.2 Å². The summed E-state index contributed by atoms with van der Waals surface area (Å²) in [6.07, 6.45) is 2.42. The van der Waals surface area contributed by atoms with Crippen LogP contribution in [0.2, 0.25) is 0 Å². The summed E-state index contributed by atoms with van der Waals surface area (Å²) < 4.78 is 0. The van der Waals surface area contributed by atoms with Gasteiger partial charge in [-0.3, -0.25) is 14.6 Å². The molecule has 0 saturated carbocycles. The molecule has 0 radical (unpaired) electrons. The number of hydrogen-bond acceptors (Lipinski definition) is 4. The van der Waals surface area contributed by atoms with Crippen molar-refractivity contribution in [2.75, 3.05) is 39.3 Å². The zero-order chi connectivity index (χ0) is 19.5. The van der Waals surface area contributed by atoms with Crippen LogP contribution in [-0.2, 0) is 13.0 Å². The van der Waals surface area contributed by atoms with Crippen LogP contribution in [0.25, 0.3) is 0 Å². The second kappa shape index (κ2) is 8.10. The van der Waals surface area contributed by atoms with E-state index in [1.54, 1.807) is 18.3 Å². The van der Waals surface area contributed by atoms with Crippen molar-refractivity contribution in [1.29, 1.82) is 0 Å². The minimum Gasteiger partial charge on any atom is -0.336 e. The molecule has 0 N–H and O–H groups in total. The summed E-state index contributed by atoms with van der Waals surface area (Å²) in [5.41, 5.74) is 3.37. The lowest BCUT2D eigenvalue weighted by Gasteiger charge is -2.34. The number of benzene rings is 1. The zero-order valence-electron chi connectivity index (χ0n) is 16.3. The van der Waals surface area contributed by atoms with Crippen molar-refractivity contribution in [3.05, 3.63) is 65.0 Å². The van der Waals surface area contributed by atoms with E-state index in [9.17, 15) is 9.59 Å². The molecule has 4 rings (SSSR count). The molecule has 1 aromatic heterocycles. The van der Waals surface area contributed by atoms with Crippen molar-refractivity contribution < 1.29 is 9.59 Å². The third kappa shape index (κ3) is 3.78. The smallest absolute Gasteiger partial charge is 0.272 e. The number of aromatic nitrogens is 1. The number of hydrogen-bond donors (Lipinski definition) is 0. The van der Waals surface area contributed by atoms with Gasteiger partial charge < -0.3 is 14.7 Å². The molecule has 28 heavy (non-hydrogen) atoms. The molecule has 0 aliphatic carbocycles. The Bertz CT molecular complexity index is 874. The second-order valence-electron chi connectivity index (χ2n) is 7.40. The van der Waals surface area contributed by atoms with Crippen LogP contribution < -0.4 is 0 Å². The molecule has 6 nitrogen and oxygen atoms in total. The maximum atomic E-state index is 13.0. The van der Waals surface area contributed by atoms with Crippen molar-refractivity contribution in [3.63, 3.8) is 0 Å². The summed E-state index contributed by atoms with van der Waals surface area (Å²) in [7, 11) is 0. The van der Waals surface area contributed by atoms with E-state index in [-0.39, 0.29) is 11.8 Å². The third-order valence-electron chi connectivity index (χ3n) is 5.75. The van der Waals surface area contributed by atoms with Crippen LogP contribution in [0.4, 0.5) is 0 Å². The fraction of sp³-hybridized carbons (Fsp3) is 0.409. The van der Waals surface area contributed by atoms with Crippen LogP contribution in [-0.4, -0.2) is 70.8 Å². The lowest BCUT2D eigenvalue weighted by Crippen LogP contribution is -2.48. The van der Waals surface area contributed by atoms with Crippen LogP contribution in [0.5, 0.6) is 0 Å². The van der Waals surface area contributed by atoms with Gasteiger partial charge in [0.1, 0.15) is 5.69 Å². The minimum absolute atomic E-state index is 0.0174. The topological polar surface area (TPSA) is 56.8 Å². The Balaban J connectivity index is 1.46. The van der Waals surface area contributed by atoms with E-state index in [0.29, 0.717) is 24.3 Å². The van der Waals surface area contributed by atoms with Gasteiger partial charge in [-0.2, -0.15) is 0 Å². The Hall–Kier alpha value is -2.73. The van der Waals surface area contributed by atoms with Gasteiger partial charge in [-0.25, -0.2) is 0 Å². The quantitative estimate of drug-likeness (QED) is 0.820. The highest BCUT2D eigenvalue weighted by Crippen LogP contribution is 2.20. The summed E-state index contributed by atoms with van der Waals surface area (Å²) in [4.78, 5) is 36.1. The first-order valence-corrected chi connectivity index (χ1v) is 9.99. The number of nitrogens with zero attached hydrogens (tertiary/aromatic N) is 4. The van der Waals surface area contributed by atoms with Crippen molar-refractivity contribution in [1.82, 2.24) is 19.7 Å². The van der Waals surface area contributed by atoms with E-state index in [1.807, 2.05) is 21.9 Å². The lowest BCUT2D eigenvalue weighted by atomic mass is 9.99. The molecule has 0 bridgehead atoms. The van der Waals surface area contributed by atoms with Gasteiger partial charge in [-0.15, -0.1) is 0 Å². The van der Waals surface area contributed by atoms with Gasteiger partial charge in [0.15, 0.2) is 0 Å². The maximum Gasteiger partial charge on any atom is 0.272 e. The summed E-state index contributed by atoms with van der Waals surface area (Å²) in [6.45, 7) is 7.65. The third-order valence-corrected chi connectivity index (χ3v) is 5.75. The zero-order valence-corrected chi connectivity index (χ0v) is 16.3. The number of amides is 2. The van der Waals surface area contributed by atoms with Crippen molar-refractivity contribution in [2.45, 2.75) is 19.9 Å². The van der Waals surface area contributed by atoms with Crippen LogP contribution in [0.3, 0.4) is 0 Å². The Morgan fingerprint density at radius 3 is 2.43 bits per heavy atom. The van der Waals surface area contributed by atoms with E-state index >= 15 is 0 Å². The Morgan fingerprint density at radius 1 is 0.929 bits per heavy atom. The monoisotopic (exact) mass is 378 g/mol. The largest absolute Gasteiger partial charge is 0.336 e. The van der Waals surface area contributed by atoms with E-state index in [1.165, 1.54) is 11.1 Å². The molecule has 1 aromatic carbocycles. The number of rotatable bonds is 3. The number of carbonyl (C=O) groups is 2. The molecule has 146 valence electrons. The normalized spacial score (nSPS) is 17.3. The molecule has 2 aromatic rings. The van der Waals surface area contributed by atoms with E-state index < -0.39 is 0 Å². The Kier molecular flexibility index (Phi) is 5.39. The summed E-state index contributed by atoms with van der Waals surface area (Å²) in [6, 6.07) is 11.6. The number of likely N-dealkylation sites (N-methyl/N-ethyl adjacent to an activating group) is 1. The van der Waals surface area contributed by atoms with E-state index in [2.05, 4.69) is 28.9 Å². The van der Waals surface area contributed by atoms with Gasteiger partial charge in [0.05, 0.1) is 0 Å². The molecular weight excluding hydrogens is 352 g/mol. The molecule has 6 heteroatoms. The van der Waals surface area contributed by atoms with Crippen LogP contribution in [0.1, 0.15) is 38.9 Å². The first kappa shape index (κ1) is 18.6. The highest BCUT2D eigenvalue weighted by atomic mass is 16.2. The van der Waals surface area contributed by atoms with Crippen molar-refractivity contribution in [3.8, 4) is 0 Å². The number of fused-ring (bicyclic) bond motifs is 1. The molecule has 0 atom stereocenters. The predicted molar refractivity (Wildman–Crippen MR) is 107 cm³/mol. The second-order valence-corrected chi connectivity index (χ2v) is 7.40. The molecule has 1 saturated heterocycles. The fourth-order valence-corrected chi connectivity index (χ4v) is 3.96. The Labute approximate surface area is 165 Å². The van der Waals surface area contributed by atoms with Crippen LogP contribution >= 0.6 is 0 Å². The van der Waals surface area contributed by atoms with Crippen LogP contribution in [0, 0.1) is 0 Å². The lowest BCUT2D eigenvalue weighted by molar-refractivity contribution is 0.0643. The van der Waals surface area contributed by atoms with Gasteiger partial charge in [0.2, 0.25) is 0 Å². The fourth-order valence-electron chi connectivity index (χ4n) is 3.96. The molecular formula is C22H26N4O2. The first-order valence-electron chi connectivity index (χ1n) is 9.99. The van der Waals surface area contributed by atoms with Gasteiger partial charge in [0.25, 0.3) is 11.8 Å². The minimum atomic E-state index is -0.111. The van der Waals surface area contributed by atoms with Gasteiger partial charge in [-0.1, -0.05) is 31.2 Å². The predicted octanol–water partition coefficient (Wildman–Crippen LogP) is 2.06. The molecule has 1 fully saturated rings. The molecule has 2 aliphatic rings. The number of pyridine rings is 1. The summed E-state index contributed by atoms with van der Waals surface area (Å²) in [5, 5.41) is 0. The SMILES string of the molecule is CCN1CCN(C(=O)c2ccnc(C(=O)N3CCc4ccccc4C3)c2)CC1. The highest BCUT2D eigenvalue weighted by molar-refractivity contribution is 5.98. The molecule has 2 aliphatic heterocycles. The number of carbonyl (C=O) groups excluding carboxylic acids is 2. The van der Waals surface area contributed by atoms with Gasteiger partial charge >= 0.3 is 0 Å². The van der Waals surface area contributed by atoms with E-state index in [0.717, 1.165) is 39.1 Å². The average Bonchev–Trinajstić information content (AvgIpc) is 2.78. The highest BCUT2D eigenvalue weighted by Gasteiger charge is 2.25. The average molecular weight is 378 g/mol. The molecule has 0 spiro atoms. The molecule has 0 unspecified atom stereocenters. The molecule has 3 heterocycles. The van der Waals surface area contributed by atoms with Crippen molar-refractivity contribution in [2.24, 2.45) is 0 Å². The summed E-state index contributed by atoms with van der Waals surface area (Å²) >= 11 is 0. The van der Waals surface area contributed by atoms with E-state index in [4.69, 9.17) is 0 Å². The molecule has 2 amide bonds. The standard InChI is InChI=1S/C22H26N4O2/c1-2-24-11-13-25(14-12-24)21(27)18-7-9-23-20(15-18)22(28)26-10-8-17-5-3-4-6-19(17)16-26/h3-7,9,15H,2,8,10-14,16H2,1H3. The first-order chi connectivity index (χ1) is 13.7. The van der Waals surface area contributed by atoms with Crippen LogP contribution in [0.15, 0.2) is 42.6 Å². The summed E-state index contributed by atoms with van der Waals surface area (Å²) in [5.74, 6) is -0.129. The Morgan fingerprint density at radius 2 is 1.68 bits per heavy atom. The van der Waals surface area contributed by atoms with Crippen molar-refractivity contribution >= 4 is 11.8 Å². The maximum absolute atomic E-state index is 13.0.